The highest BCUT2D eigenvalue weighted by molar-refractivity contribution is 6.30. The van der Waals surface area contributed by atoms with Gasteiger partial charge in [-0.2, -0.15) is 0 Å². The first-order valence-corrected chi connectivity index (χ1v) is 8.18. The summed E-state index contributed by atoms with van der Waals surface area (Å²) in [4.78, 5) is 9.23. The van der Waals surface area contributed by atoms with Crippen molar-refractivity contribution in [3.8, 4) is 0 Å². The highest BCUT2D eigenvalue weighted by Gasteiger charge is 2.20. The zero-order valence-electron chi connectivity index (χ0n) is 13.0. The van der Waals surface area contributed by atoms with Gasteiger partial charge in [0.2, 0.25) is 5.71 Å². The summed E-state index contributed by atoms with van der Waals surface area (Å²) >= 11 is 5.97. The molecule has 5 heteroatoms. The molecule has 0 unspecified atom stereocenters. The molecule has 0 saturated carbocycles. The summed E-state index contributed by atoms with van der Waals surface area (Å²) in [6, 6.07) is 10.1. The van der Waals surface area contributed by atoms with Crippen molar-refractivity contribution in [2.24, 2.45) is 0 Å². The molecule has 0 bridgehead atoms. The third-order valence-corrected chi connectivity index (χ3v) is 4.80. The maximum Gasteiger partial charge on any atom is 0.226 e. The Morgan fingerprint density at radius 3 is 2.43 bits per heavy atom. The van der Waals surface area contributed by atoms with Gasteiger partial charge in [0.05, 0.1) is 18.1 Å². The second kappa shape index (κ2) is 5.78. The van der Waals surface area contributed by atoms with Gasteiger partial charge in [0.25, 0.3) is 0 Å². The fourth-order valence-corrected chi connectivity index (χ4v) is 3.34. The molecule has 1 aromatic carbocycles. The highest BCUT2D eigenvalue weighted by Crippen LogP contribution is 2.28. The van der Waals surface area contributed by atoms with E-state index < -0.39 is 0 Å². The van der Waals surface area contributed by atoms with Crippen LogP contribution in [-0.2, 0) is 0 Å². The maximum atomic E-state index is 5.97. The zero-order chi connectivity index (χ0) is 15.8. The number of benzene rings is 1. The van der Waals surface area contributed by atoms with Gasteiger partial charge in [-0.15, -0.1) is 0 Å². The molecular weight excluding hydrogens is 310 g/mol. The van der Waals surface area contributed by atoms with E-state index >= 15 is 0 Å². The summed E-state index contributed by atoms with van der Waals surface area (Å²) in [5, 5.41) is 1.88. The zero-order valence-corrected chi connectivity index (χ0v) is 13.8. The average Bonchev–Trinajstić information content (AvgIpc) is 3.06. The monoisotopic (exact) mass is 327 g/mol. The van der Waals surface area contributed by atoms with Crippen molar-refractivity contribution >= 4 is 34.1 Å². The van der Waals surface area contributed by atoms with Crippen molar-refractivity contribution < 1.29 is 4.42 Å². The fourth-order valence-electron chi connectivity index (χ4n) is 3.22. The lowest BCUT2D eigenvalue weighted by molar-refractivity contribution is 0.602. The lowest BCUT2D eigenvalue weighted by Gasteiger charge is -2.37. The van der Waals surface area contributed by atoms with Crippen LogP contribution in [0.15, 0.2) is 47.2 Å². The van der Waals surface area contributed by atoms with Gasteiger partial charge in [-0.3, -0.25) is 0 Å². The molecule has 0 aliphatic carbocycles. The first-order chi connectivity index (χ1) is 11.2. The number of halogens is 1. The molecule has 0 spiro atoms. The molecule has 0 atom stereocenters. The number of aryl methyl sites for hydroxylation is 1. The van der Waals surface area contributed by atoms with E-state index in [0.29, 0.717) is 5.71 Å². The van der Waals surface area contributed by atoms with E-state index in [1.807, 2.05) is 24.4 Å². The Bertz CT molecular complexity index is 820. The first-order valence-electron chi connectivity index (χ1n) is 7.80. The molecule has 1 saturated heterocycles. The molecule has 1 fully saturated rings. The summed E-state index contributed by atoms with van der Waals surface area (Å²) in [6.07, 6.45) is 3.63. The second-order valence-electron chi connectivity index (χ2n) is 5.86. The Labute approximate surface area is 140 Å². The predicted octanol–water partition coefficient (Wildman–Crippen LogP) is 4.12. The number of fused-ring (bicyclic) bond motifs is 1. The van der Waals surface area contributed by atoms with Gasteiger partial charge in [0.15, 0.2) is 0 Å². The maximum absolute atomic E-state index is 5.97. The van der Waals surface area contributed by atoms with Crippen LogP contribution >= 0.6 is 11.6 Å². The van der Waals surface area contributed by atoms with Crippen LogP contribution < -0.4 is 9.80 Å². The van der Waals surface area contributed by atoms with Crippen LogP contribution in [0.5, 0.6) is 0 Å². The van der Waals surface area contributed by atoms with Crippen molar-refractivity contribution in [1.29, 1.82) is 0 Å². The summed E-state index contributed by atoms with van der Waals surface area (Å²) < 4.78 is 5.38. The fraction of sp³-hybridized carbons (Fsp3) is 0.278. The Kier molecular flexibility index (Phi) is 3.62. The SMILES string of the molecule is Cc1c(N2CCN(c3ccc(Cl)cc3)CC2)cnc2occc12. The van der Waals surface area contributed by atoms with Crippen LogP contribution in [-0.4, -0.2) is 31.2 Å². The summed E-state index contributed by atoms with van der Waals surface area (Å²) in [7, 11) is 0. The van der Waals surface area contributed by atoms with E-state index in [4.69, 9.17) is 16.0 Å². The number of hydrogen-bond acceptors (Lipinski definition) is 4. The quantitative estimate of drug-likeness (QED) is 0.709. The predicted molar refractivity (Wildman–Crippen MR) is 94.6 cm³/mol. The van der Waals surface area contributed by atoms with Crippen LogP contribution in [0.4, 0.5) is 11.4 Å². The highest BCUT2D eigenvalue weighted by atomic mass is 35.5. The smallest absolute Gasteiger partial charge is 0.226 e. The molecule has 2 aromatic heterocycles. The Balaban J connectivity index is 1.52. The molecule has 3 aromatic rings. The minimum Gasteiger partial charge on any atom is -0.446 e. The van der Waals surface area contributed by atoms with Gasteiger partial charge in [0.1, 0.15) is 0 Å². The summed E-state index contributed by atoms with van der Waals surface area (Å²) in [5.74, 6) is 0. The molecular formula is C18H18ClN3O. The number of pyridine rings is 1. The normalized spacial score (nSPS) is 15.4. The largest absolute Gasteiger partial charge is 0.446 e. The number of piperazine rings is 1. The van der Waals surface area contributed by atoms with Gasteiger partial charge in [0, 0.05) is 42.3 Å². The molecule has 1 aliphatic rings. The van der Waals surface area contributed by atoms with Gasteiger partial charge >= 0.3 is 0 Å². The molecule has 3 heterocycles. The first kappa shape index (κ1) is 14.4. The van der Waals surface area contributed by atoms with E-state index in [0.717, 1.165) is 36.6 Å². The van der Waals surface area contributed by atoms with Gasteiger partial charge in [-0.1, -0.05) is 11.6 Å². The van der Waals surface area contributed by atoms with E-state index in [1.54, 1.807) is 6.26 Å². The number of anilines is 2. The van der Waals surface area contributed by atoms with Crippen LogP contribution in [0, 0.1) is 6.92 Å². The molecule has 4 rings (SSSR count). The average molecular weight is 328 g/mol. The molecule has 1 aliphatic heterocycles. The van der Waals surface area contributed by atoms with Crippen molar-refractivity contribution in [2.75, 3.05) is 36.0 Å². The van der Waals surface area contributed by atoms with Crippen molar-refractivity contribution in [2.45, 2.75) is 6.92 Å². The molecule has 0 N–H and O–H groups in total. The standard InChI is InChI=1S/C18H18ClN3O/c1-13-16-6-11-23-18(16)20-12-17(13)22-9-7-21(8-10-22)15-4-2-14(19)3-5-15/h2-6,11-12H,7-10H2,1H3. The number of furan rings is 1. The Morgan fingerprint density at radius 1 is 1.00 bits per heavy atom. The lowest BCUT2D eigenvalue weighted by atomic mass is 10.1. The van der Waals surface area contributed by atoms with Crippen molar-refractivity contribution in [3.05, 3.63) is 53.4 Å². The number of rotatable bonds is 2. The van der Waals surface area contributed by atoms with Crippen LogP contribution in [0.2, 0.25) is 5.02 Å². The van der Waals surface area contributed by atoms with Crippen LogP contribution in [0.25, 0.3) is 11.1 Å². The van der Waals surface area contributed by atoms with E-state index in [9.17, 15) is 0 Å². The van der Waals surface area contributed by atoms with Crippen LogP contribution in [0.1, 0.15) is 5.56 Å². The van der Waals surface area contributed by atoms with Crippen molar-refractivity contribution in [1.82, 2.24) is 4.98 Å². The minimum absolute atomic E-state index is 0.714. The molecule has 0 radical (unpaired) electrons. The number of nitrogens with zero attached hydrogens (tertiary/aromatic N) is 3. The minimum atomic E-state index is 0.714. The molecule has 4 nitrogen and oxygen atoms in total. The summed E-state index contributed by atoms with van der Waals surface area (Å²) in [5.41, 5.74) is 4.39. The van der Waals surface area contributed by atoms with E-state index in [-0.39, 0.29) is 0 Å². The lowest BCUT2D eigenvalue weighted by Crippen LogP contribution is -2.46. The Hall–Kier alpha value is -2.20. The molecule has 0 amide bonds. The van der Waals surface area contributed by atoms with E-state index in [1.165, 1.54) is 16.9 Å². The van der Waals surface area contributed by atoms with Gasteiger partial charge in [-0.05, 0) is 42.8 Å². The molecule has 23 heavy (non-hydrogen) atoms. The number of hydrogen-bond donors (Lipinski definition) is 0. The third kappa shape index (κ3) is 2.63. The number of aromatic nitrogens is 1. The summed E-state index contributed by atoms with van der Waals surface area (Å²) in [6.45, 7) is 6.08. The van der Waals surface area contributed by atoms with Crippen LogP contribution in [0.3, 0.4) is 0 Å². The molecule has 118 valence electrons. The topological polar surface area (TPSA) is 32.5 Å². The second-order valence-corrected chi connectivity index (χ2v) is 6.29. The van der Waals surface area contributed by atoms with Gasteiger partial charge in [-0.25, -0.2) is 4.98 Å². The van der Waals surface area contributed by atoms with Crippen molar-refractivity contribution in [3.63, 3.8) is 0 Å². The van der Waals surface area contributed by atoms with Gasteiger partial charge < -0.3 is 14.2 Å². The van der Waals surface area contributed by atoms with E-state index in [2.05, 4.69) is 33.8 Å². The Morgan fingerprint density at radius 2 is 1.70 bits per heavy atom. The third-order valence-electron chi connectivity index (χ3n) is 4.55.